The number of amides is 1. The minimum absolute atomic E-state index is 0.111. The van der Waals surface area contributed by atoms with Gasteiger partial charge in [0.1, 0.15) is 18.1 Å². The molecule has 0 unspecified atom stereocenters. The molecule has 0 bridgehead atoms. The van der Waals surface area contributed by atoms with Crippen molar-refractivity contribution in [3.8, 4) is 5.75 Å². The first kappa shape index (κ1) is 24.5. The van der Waals surface area contributed by atoms with Crippen molar-refractivity contribution >= 4 is 27.3 Å². The van der Waals surface area contributed by atoms with Crippen LogP contribution < -0.4 is 13.9 Å². The van der Waals surface area contributed by atoms with Crippen LogP contribution in [0.3, 0.4) is 0 Å². The van der Waals surface area contributed by atoms with Crippen molar-refractivity contribution in [1.82, 2.24) is 4.90 Å². The molecule has 9 heteroatoms. The van der Waals surface area contributed by atoms with Crippen molar-refractivity contribution in [1.29, 1.82) is 0 Å². The van der Waals surface area contributed by atoms with E-state index in [9.17, 15) is 17.6 Å². The third kappa shape index (κ3) is 5.57. The standard InChI is InChI=1S/C26H28FN3O4S/c1-20-6-12-25(13-7-20)35(32,33)30(23-4-3-5-24(18-23)34-2)19-26(31)29-16-14-28(15-17-29)22-10-8-21(27)9-11-22/h3-13,18H,14-17,19H2,1-2H3. The van der Waals surface area contributed by atoms with E-state index in [1.165, 1.54) is 19.2 Å². The number of sulfonamides is 1. The van der Waals surface area contributed by atoms with Crippen LogP contribution in [0.15, 0.2) is 77.7 Å². The summed E-state index contributed by atoms with van der Waals surface area (Å²) >= 11 is 0. The summed E-state index contributed by atoms with van der Waals surface area (Å²) in [6.45, 7) is 3.56. The molecule has 4 rings (SSSR count). The first-order valence-electron chi connectivity index (χ1n) is 11.3. The van der Waals surface area contributed by atoms with Crippen molar-refractivity contribution in [2.45, 2.75) is 11.8 Å². The summed E-state index contributed by atoms with van der Waals surface area (Å²) in [7, 11) is -2.50. The molecule has 1 amide bonds. The maximum Gasteiger partial charge on any atom is 0.264 e. The largest absolute Gasteiger partial charge is 0.497 e. The van der Waals surface area contributed by atoms with Gasteiger partial charge in [0.05, 0.1) is 17.7 Å². The molecule has 0 atom stereocenters. The third-order valence-electron chi connectivity index (χ3n) is 6.05. The van der Waals surface area contributed by atoms with E-state index in [0.29, 0.717) is 37.6 Å². The molecule has 35 heavy (non-hydrogen) atoms. The van der Waals surface area contributed by atoms with Crippen molar-refractivity contribution in [2.75, 3.05) is 49.0 Å². The van der Waals surface area contributed by atoms with Crippen LogP contribution in [0.2, 0.25) is 0 Å². The molecule has 0 spiro atoms. The van der Waals surface area contributed by atoms with Gasteiger partial charge in [-0.1, -0.05) is 23.8 Å². The first-order valence-corrected chi connectivity index (χ1v) is 12.7. The molecule has 1 saturated heterocycles. The van der Waals surface area contributed by atoms with Crippen LogP contribution in [0, 0.1) is 12.7 Å². The van der Waals surface area contributed by atoms with Crippen LogP contribution >= 0.6 is 0 Å². The number of hydrogen-bond donors (Lipinski definition) is 0. The molecule has 3 aromatic carbocycles. The van der Waals surface area contributed by atoms with Crippen LogP contribution in [-0.4, -0.2) is 59.1 Å². The average molecular weight is 498 g/mol. The highest BCUT2D eigenvalue weighted by Crippen LogP contribution is 2.27. The highest BCUT2D eigenvalue weighted by Gasteiger charge is 2.30. The fraction of sp³-hybridized carbons (Fsp3) is 0.269. The fourth-order valence-electron chi connectivity index (χ4n) is 4.01. The lowest BCUT2D eigenvalue weighted by Crippen LogP contribution is -2.52. The Morgan fingerprint density at radius 1 is 0.971 bits per heavy atom. The normalized spacial score (nSPS) is 14.0. The molecule has 1 heterocycles. The second kappa shape index (κ2) is 10.4. The van der Waals surface area contributed by atoms with E-state index in [2.05, 4.69) is 4.90 Å². The summed E-state index contributed by atoms with van der Waals surface area (Å²) in [4.78, 5) is 17.1. The minimum Gasteiger partial charge on any atom is -0.497 e. The number of aryl methyl sites for hydroxylation is 1. The van der Waals surface area contributed by atoms with Gasteiger partial charge >= 0.3 is 0 Å². The zero-order valence-corrected chi connectivity index (χ0v) is 20.5. The first-order chi connectivity index (χ1) is 16.8. The van der Waals surface area contributed by atoms with E-state index in [0.717, 1.165) is 15.6 Å². The number of anilines is 2. The lowest BCUT2D eigenvalue weighted by molar-refractivity contribution is -0.129. The van der Waals surface area contributed by atoms with E-state index in [1.54, 1.807) is 65.6 Å². The molecule has 0 aliphatic carbocycles. The molecular formula is C26H28FN3O4S. The number of carbonyl (C=O) groups excluding carboxylic acids is 1. The Bertz CT molecular complexity index is 1270. The molecule has 3 aromatic rings. The molecule has 0 saturated carbocycles. The smallest absolute Gasteiger partial charge is 0.264 e. The molecule has 1 fully saturated rings. The number of nitrogens with zero attached hydrogens (tertiary/aromatic N) is 3. The third-order valence-corrected chi connectivity index (χ3v) is 7.84. The highest BCUT2D eigenvalue weighted by atomic mass is 32.2. The maximum atomic E-state index is 13.6. The van der Waals surface area contributed by atoms with Gasteiger partial charge in [0.2, 0.25) is 5.91 Å². The highest BCUT2D eigenvalue weighted by molar-refractivity contribution is 7.92. The van der Waals surface area contributed by atoms with Crippen LogP contribution in [-0.2, 0) is 14.8 Å². The van der Waals surface area contributed by atoms with Gasteiger partial charge in [-0.05, 0) is 55.5 Å². The SMILES string of the molecule is COc1cccc(N(CC(=O)N2CCN(c3ccc(F)cc3)CC2)S(=O)(=O)c2ccc(C)cc2)c1. The molecule has 1 aliphatic heterocycles. The topological polar surface area (TPSA) is 70.2 Å². The Morgan fingerprint density at radius 3 is 2.26 bits per heavy atom. The summed E-state index contributed by atoms with van der Waals surface area (Å²) in [5.74, 6) is -0.0933. The van der Waals surface area contributed by atoms with Gasteiger partial charge in [0, 0.05) is 37.9 Å². The number of hydrogen-bond acceptors (Lipinski definition) is 5. The van der Waals surface area contributed by atoms with Crippen molar-refractivity contribution in [3.05, 3.63) is 84.2 Å². The molecule has 1 aliphatic rings. The molecular weight excluding hydrogens is 469 g/mol. The molecule has 0 aromatic heterocycles. The predicted octanol–water partition coefficient (Wildman–Crippen LogP) is 3.69. The van der Waals surface area contributed by atoms with Crippen molar-refractivity contribution in [2.24, 2.45) is 0 Å². The lowest BCUT2D eigenvalue weighted by atomic mass is 10.2. The second-order valence-electron chi connectivity index (χ2n) is 8.37. The minimum atomic E-state index is -4.00. The summed E-state index contributed by atoms with van der Waals surface area (Å²) in [5.41, 5.74) is 2.17. The van der Waals surface area contributed by atoms with Crippen LogP contribution in [0.5, 0.6) is 5.75 Å². The summed E-state index contributed by atoms with van der Waals surface area (Å²) in [6.07, 6.45) is 0. The van der Waals surface area contributed by atoms with Gasteiger partial charge in [0.15, 0.2) is 0 Å². The second-order valence-corrected chi connectivity index (χ2v) is 10.2. The summed E-state index contributed by atoms with van der Waals surface area (Å²) in [6, 6.07) is 19.5. The number of halogens is 1. The number of ether oxygens (including phenoxy) is 1. The predicted molar refractivity (Wildman–Crippen MR) is 134 cm³/mol. The van der Waals surface area contributed by atoms with E-state index in [-0.39, 0.29) is 23.2 Å². The van der Waals surface area contributed by atoms with Crippen LogP contribution in [0.1, 0.15) is 5.56 Å². The Morgan fingerprint density at radius 2 is 1.63 bits per heavy atom. The zero-order valence-electron chi connectivity index (χ0n) is 19.7. The monoisotopic (exact) mass is 497 g/mol. The Labute approximate surface area is 205 Å². The van der Waals surface area contributed by atoms with E-state index >= 15 is 0 Å². The molecule has 0 N–H and O–H groups in total. The van der Waals surface area contributed by atoms with Crippen LogP contribution in [0.25, 0.3) is 0 Å². The number of carbonyl (C=O) groups is 1. The van der Waals surface area contributed by atoms with E-state index in [1.807, 2.05) is 6.92 Å². The molecule has 184 valence electrons. The number of benzene rings is 3. The van der Waals surface area contributed by atoms with Gasteiger partial charge in [-0.2, -0.15) is 0 Å². The fourth-order valence-corrected chi connectivity index (χ4v) is 5.41. The average Bonchev–Trinajstić information content (AvgIpc) is 2.88. The number of rotatable bonds is 7. The van der Waals surface area contributed by atoms with Gasteiger partial charge in [-0.3, -0.25) is 9.10 Å². The number of methoxy groups -OCH3 is 1. The Kier molecular flexibility index (Phi) is 7.25. The Hall–Kier alpha value is -3.59. The zero-order chi connectivity index (χ0) is 25.0. The van der Waals surface area contributed by atoms with Crippen molar-refractivity contribution in [3.63, 3.8) is 0 Å². The quantitative estimate of drug-likeness (QED) is 0.498. The number of piperazine rings is 1. The van der Waals surface area contributed by atoms with Gasteiger partial charge in [0.25, 0.3) is 10.0 Å². The van der Waals surface area contributed by atoms with E-state index < -0.39 is 10.0 Å². The summed E-state index contributed by atoms with van der Waals surface area (Å²) in [5, 5.41) is 0. The Balaban J connectivity index is 1.54. The van der Waals surface area contributed by atoms with Crippen LogP contribution in [0.4, 0.5) is 15.8 Å². The molecule has 7 nitrogen and oxygen atoms in total. The van der Waals surface area contributed by atoms with Gasteiger partial charge in [-0.25, -0.2) is 12.8 Å². The van der Waals surface area contributed by atoms with Gasteiger partial charge in [-0.15, -0.1) is 0 Å². The summed E-state index contributed by atoms with van der Waals surface area (Å²) < 4.78 is 46.9. The lowest BCUT2D eigenvalue weighted by Gasteiger charge is -2.37. The maximum absolute atomic E-state index is 13.6. The van der Waals surface area contributed by atoms with E-state index in [4.69, 9.17) is 4.74 Å². The van der Waals surface area contributed by atoms with Crippen molar-refractivity contribution < 1.29 is 22.3 Å². The molecule has 0 radical (unpaired) electrons. The van der Waals surface area contributed by atoms with Gasteiger partial charge < -0.3 is 14.5 Å².